The lowest BCUT2D eigenvalue weighted by Crippen LogP contribution is -2.48. The Bertz CT molecular complexity index is 395. The van der Waals surface area contributed by atoms with Gasteiger partial charge in [0.15, 0.2) is 0 Å². The van der Waals surface area contributed by atoms with E-state index in [0.29, 0.717) is 10.7 Å². The zero-order valence-corrected chi connectivity index (χ0v) is 11.9. The van der Waals surface area contributed by atoms with Crippen molar-refractivity contribution < 1.29 is 5.11 Å². The molecule has 0 saturated carbocycles. The molecule has 3 N–H and O–H groups in total. The smallest absolute Gasteiger partial charge is 0.125 e. The van der Waals surface area contributed by atoms with Crippen LogP contribution in [0.25, 0.3) is 0 Å². The Balaban J connectivity index is 3.44. The minimum atomic E-state index is -1.19. The van der Waals surface area contributed by atoms with Crippen LogP contribution in [0.15, 0.2) is 6.20 Å². The maximum atomic E-state index is 10.9. The first-order valence-electron chi connectivity index (χ1n) is 5.81. The Hall–Kier alpha value is -0.580. The van der Waals surface area contributed by atoms with E-state index in [2.05, 4.69) is 5.10 Å². The second-order valence-electron chi connectivity index (χ2n) is 5.69. The molecule has 0 aliphatic rings. The van der Waals surface area contributed by atoms with Crippen molar-refractivity contribution in [1.82, 2.24) is 9.78 Å². The van der Waals surface area contributed by atoms with E-state index in [-0.39, 0.29) is 12.6 Å². The number of aliphatic hydroxyl groups is 1. The molecule has 4 nitrogen and oxygen atoms in total. The molecule has 0 aliphatic heterocycles. The number of hydrogen-bond acceptors (Lipinski definition) is 3. The summed E-state index contributed by atoms with van der Waals surface area (Å²) in [5.41, 5.74) is 4.77. The molecule has 1 aromatic rings. The van der Waals surface area contributed by atoms with E-state index in [4.69, 9.17) is 17.3 Å². The molecule has 0 amide bonds. The molecule has 1 unspecified atom stereocenters. The summed E-state index contributed by atoms with van der Waals surface area (Å²) in [4.78, 5) is 0. The highest BCUT2D eigenvalue weighted by Gasteiger charge is 2.44. The monoisotopic (exact) mass is 259 g/mol. The summed E-state index contributed by atoms with van der Waals surface area (Å²) in [6.45, 7) is 9.91. The SMILES string of the molecule is CC(C)n1ncc(Cl)c1C(O)(CN)C(C)(C)C. The molecule has 0 fully saturated rings. The number of hydrogen-bond donors (Lipinski definition) is 2. The first kappa shape index (κ1) is 14.5. The minimum absolute atomic E-state index is 0.106. The van der Waals surface area contributed by atoms with Crippen LogP contribution >= 0.6 is 11.6 Å². The molecule has 5 heteroatoms. The predicted octanol–water partition coefficient (Wildman–Crippen LogP) is 2.31. The van der Waals surface area contributed by atoms with E-state index >= 15 is 0 Å². The fourth-order valence-corrected chi connectivity index (χ4v) is 2.16. The number of nitrogens with two attached hydrogens (primary N) is 1. The topological polar surface area (TPSA) is 64.1 Å². The van der Waals surface area contributed by atoms with Crippen molar-refractivity contribution in [1.29, 1.82) is 0 Å². The highest BCUT2D eigenvalue weighted by atomic mass is 35.5. The van der Waals surface area contributed by atoms with Crippen molar-refractivity contribution in [3.05, 3.63) is 16.9 Å². The second kappa shape index (κ2) is 4.59. The van der Waals surface area contributed by atoms with Crippen molar-refractivity contribution in [2.45, 2.75) is 46.3 Å². The Kier molecular flexibility index (Phi) is 3.91. The van der Waals surface area contributed by atoms with Crippen LogP contribution in [-0.4, -0.2) is 21.4 Å². The van der Waals surface area contributed by atoms with Gasteiger partial charge in [-0.25, -0.2) is 0 Å². The van der Waals surface area contributed by atoms with Gasteiger partial charge >= 0.3 is 0 Å². The Morgan fingerprint density at radius 1 is 1.47 bits per heavy atom. The first-order valence-corrected chi connectivity index (χ1v) is 6.19. The van der Waals surface area contributed by atoms with Crippen LogP contribution in [0, 0.1) is 5.41 Å². The zero-order chi connectivity index (χ0) is 13.4. The summed E-state index contributed by atoms with van der Waals surface area (Å²) in [6, 6.07) is 0.123. The summed E-state index contributed by atoms with van der Waals surface area (Å²) >= 11 is 6.16. The van der Waals surface area contributed by atoms with Gasteiger partial charge in [-0.1, -0.05) is 32.4 Å². The van der Waals surface area contributed by atoms with Crippen LogP contribution in [0.2, 0.25) is 5.02 Å². The van der Waals surface area contributed by atoms with Crippen LogP contribution in [0.5, 0.6) is 0 Å². The Morgan fingerprint density at radius 2 is 2.00 bits per heavy atom. The van der Waals surface area contributed by atoms with Crippen LogP contribution in [0.3, 0.4) is 0 Å². The molecular weight excluding hydrogens is 238 g/mol. The van der Waals surface area contributed by atoms with E-state index in [1.165, 1.54) is 0 Å². The molecule has 17 heavy (non-hydrogen) atoms. The lowest BCUT2D eigenvalue weighted by atomic mass is 9.74. The largest absolute Gasteiger partial charge is 0.382 e. The third-order valence-electron chi connectivity index (χ3n) is 3.17. The quantitative estimate of drug-likeness (QED) is 0.876. The van der Waals surface area contributed by atoms with Gasteiger partial charge in [0.2, 0.25) is 0 Å². The van der Waals surface area contributed by atoms with Crippen molar-refractivity contribution in [3.63, 3.8) is 0 Å². The average molecular weight is 260 g/mol. The summed E-state index contributed by atoms with van der Waals surface area (Å²) in [6.07, 6.45) is 1.56. The van der Waals surface area contributed by atoms with Gasteiger partial charge in [-0.05, 0) is 19.3 Å². The highest BCUT2D eigenvalue weighted by molar-refractivity contribution is 6.31. The summed E-state index contributed by atoms with van der Waals surface area (Å²) < 4.78 is 1.74. The molecule has 0 aliphatic carbocycles. The van der Waals surface area contributed by atoms with Gasteiger partial charge in [-0.2, -0.15) is 5.10 Å². The first-order chi connectivity index (χ1) is 7.65. The van der Waals surface area contributed by atoms with Crippen LogP contribution in [0.1, 0.15) is 46.4 Å². The van der Waals surface area contributed by atoms with Gasteiger partial charge in [-0.3, -0.25) is 4.68 Å². The third-order valence-corrected chi connectivity index (χ3v) is 3.44. The molecule has 1 rings (SSSR count). The zero-order valence-electron chi connectivity index (χ0n) is 11.2. The number of aromatic nitrogens is 2. The molecule has 0 radical (unpaired) electrons. The maximum absolute atomic E-state index is 10.9. The standard InChI is InChI=1S/C12H22ClN3O/c1-8(2)16-10(9(13)6-15-16)12(17,7-14)11(3,4)5/h6,8,17H,7,14H2,1-5H3. The number of rotatable bonds is 3. The van der Waals surface area contributed by atoms with Gasteiger partial charge in [0.25, 0.3) is 0 Å². The predicted molar refractivity (Wildman–Crippen MR) is 70.0 cm³/mol. The average Bonchev–Trinajstić information content (AvgIpc) is 2.57. The van der Waals surface area contributed by atoms with E-state index in [0.717, 1.165) is 0 Å². The van der Waals surface area contributed by atoms with Gasteiger partial charge in [-0.15, -0.1) is 0 Å². The number of nitrogens with zero attached hydrogens (tertiary/aromatic N) is 2. The van der Waals surface area contributed by atoms with E-state index in [1.54, 1.807) is 10.9 Å². The lowest BCUT2D eigenvalue weighted by molar-refractivity contribution is -0.0632. The van der Waals surface area contributed by atoms with Crippen LogP contribution in [-0.2, 0) is 5.60 Å². The van der Waals surface area contributed by atoms with E-state index in [1.807, 2.05) is 34.6 Å². The maximum Gasteiger partial charge on any atom is 0.125 e. The molecule has 0 spiro atoms. The normalized spacial score (nSPS) is 16.3. The molecule has 98 valence electrons. The van der Waals surface area contributed by atoms with E-state index < -0.39 is 11.0 Å². The third kappa shape index (κ3) is 2.34. The van der Waals surface area contributed by atoms with Crippen molar-refractivity contribution in [2.75, 3.05) is 6.54 Å². The molecule has 1 heterocycles. The van der Waals surface area contributed by atoms with Crippen LogP contribution in [0.4, 0.5) is 0 Å². The lowest BCUT2D eigenvalue weighted by Gasteiger charge is -2.40. The summed E-state index contributed by atoms with van der Waals surface area (Å²) in [5, 5.41) is 15.5. The van der Waals surface area contributed by atoms with Crippen molar-refractivity contribution in [3.8, 4) is 0 Å². The van der Waals surface area contributed by atoms with Gasteiger partial charge in [0.05, 0.1) is 16.9 Å². The minimum Gasteiger partial charge on any atom is -0.382 e. The Labute approximate surface area is 108 Å². The molecule has 0 bridgehead atoms. The molecular formula is C12H22ClN3O. The van der Waals surface area contributed by atoms with E-state index in [9.17, 15) is 5.11 Å². The molecule has 1 aromatic heterocycles. The van der Waals surface area contributed by atoms with Crippen LogP contribution < -0.4 is 5.73 Å². The molecule has 0 saturated heterocycles. The summed E-state index contributed by atoms with van der Waals surface area (Å²) in [7, 11) is 0. The van der Waals surface area contributed by atoms with Gasteiger partial charge < -0.3 is 10.8 Å². The Morgan fingerprint density at radius 3 is 2.35 bits per heavy atom. The second-order valence-corrected chi connectivity index (χ2v) is 6.10. The molecule has 1 atom stereocenters. The van der Waals surface area contributed by atoms with Gasteiger partial charge in [0, 0.05) is 12.6 Å². The molecule has 0 aromatic carbocycles. The summed E-state index contributed by atoms with van der Waals surface area (Å²) in [5.74, 6) is 0. The fraction of sp³-hybridized carbons (Fsp3) is 0.750. The van der Waals surface area contributed by atoms with Gasteiger partial charge in [0.1, 0.15) is 5.60 Å². The van der Waals surface area contributed by atoms with Crippen molar-refractivity contribution >= 4 is 11.6 Å². The fourth-order valence-electron chi connectivity index (χ4n) is 1.88. The number of halogens is 1. The van der Waals surface area contributed by atoms with Crippen molar-refractivity contribution in [2.24, 2.45) is 11.1 Å². The highest BCUT2D eigenvalue weighted by Crippen LogP contribution is 2.42.